The summed E-state index contributed by atoms with van der Waals surface area (Å²) in [6, 6.07) is 0. The van der Waals surface area contributed by atoms with E-state index in [0.29, 0.717) is 5.92 Å². The van der Waals surface area contributed by atoms with Gasteiger partial charge in [0.1, 0.15) is 6.33 Å². The molecule has 80 valence electrons. The maximum absolute atomic E-state index is 3.99. The van der Waals surface area contributed by atoms with Crippen molar-refractivity contribution in [2.45, 2.75) is 12.8 Å². The Labute approximate surface area is 90.9 Å². The summed E-state index contributed by atoms with van der Waals surface area (Å²) < 4.78 is 0. The average molecular weight is 203 g/mol. The molecule has 1 aliphatic rings. The number of piperidine rings is 1. The van der Waals surface area contributed by atoms with Crippen molar-refractivity contribution >= 4 is 6.08 Å². The van der Waals surface area contributed by atoms with E-state index in [0.717, 1.165) is 5.56 Å². The summed E-state index contributed by atoms with van der Waals surface area (Å²) in [5.41, 5.74) is 1.09. The van der Waals surface area contributed by atoms with Gasteiger partial charge in [0.2, 0.25) is 0 Å². The van der Waals surface area contributed by atoms with Crippen molar-refractivity contribution in [3.05, 3.63) is 30.4 Å². The molecule has 1 aliphatic heterocycles. The van der Waals surface area contributed by atoms with E-state index < -0.39 is 0 Å². The molecule has 1 atom stereocenters. The van der Waals surface area contributed by atoms with E-state index in [2.05, 4.69) is 34.1 Å². The first-order valence-electron chi connectivity index (χ1n) is 5.46. The van der Waals surface area contributed by atoms with E-state index in [1.807, 2.05) is 12.4 Å². The first-order valence-corrected chi connectivity index (χ1v) is 5.46. The van der Waals surface area contributed by atoms with Crippen LogP contribution in [0.15, 0.2) is 24.8 Å². The van der Waals surface area contributed by atoms with Crippen LogP contribution in [0.1, 0.15) is 18.4 Å². The molecule has 0 radical (unpaired) electrons. The van der Waals surface area contributed by atoms with Gasteiger partial charge < -0.3 is 4.90 Å². The Kier molecular flexibility index (Phi) is 3.45. The Balaban J connectivity index is 1.93. The molecule has 0 N–H and O–H groups in total. The summed E-state index contributed by atoms with van der Waals surface area (Å²) in [7, 11) is 2.19. The molecule has 1 aromatic rings. The molecule has 1 fully saturated rings. The lowest BCUT2D eigenvalue weighted by molar-refractivity contribution is 0.238. The molecule has 1 saturated heterocycles. The summed E-state index contributed by atoms with van der Waals surface area (Å²) in [5, 5.41) is 0. The first-order chi connectivity index (χ1) is 7.34. The summed E-state index contributed by atoms with van der Waals surface area (Å²) in [4.78, 5) is 10.4. The molecular formula is C12H17N3. The van der Waals surface area contributed by atoms with Gasteiger partial charge in [0.25, 0.3) is 0 Å². The third-order valence-corrected chi connectivity index (χ3v) is 2.80. The predicted octanol–water partition coefficient (Wildman–Crippen LogP) is 1.83. The van der Waals surface area contributed by atoms with E-state index in [4.69, 9.17) is 0 Å². The van der Waals surface area contributed by atoms with Gasteiger partial charge in [-0.15, -0.1) is 0 Å². The van der Waals surface area contributed by atoms with Crippen molar-refractivity contribution in [3.63, 3.8) is 0 Å². The van der Waals surface area contributed by atoms with Crippen LogP contribution in [0.3, 0.4) is 0 Å². The number of aromatic nitrogens is 2. The second kappa shape index (κ2) is 5.03. The lowest BCUT2D eigenvalue weighted by Gasteiger charge is -2.27. The van der Waals surface area contributed by atoms with E-state index in [-0.39, 0.29) is 0 Å². The molecule has 15 heavy (non-hydrogen) atoms. The zero-order valence-electron chi connectivity index (χ0n) is 9.13. The Morgan fingerprint density at radius 1 is 1.40 bits per heavy atom. The van der Waals surface area contributed by atoms with Crippen molar-refractivity contribution in [3.8, 4) is 0 Å². The Bertz CT molecular complexity index is 321. The van der Waals surface area contributed by atoms with Crippen LogP contribution in [0.4, 0.5) is 0 Å². The van der Waals surface area contributed by atoms with Gasteiger partial charge in [-0.25, -0.2) is 9.97 Å². The Hall–Kier alpha value is -1.22. The smallest absolute Gasteiger partial charge is 0.115 e. The minimum absolute atomic E-state index is 0.684. The topological polar surface area (TPSA) is 29.0 Å². The van der Waals surface area contributed by atoms with Gasteiger partial charge in [-0.2, -0.15) is 0 Å². The monoisotopic (exact) mass is 203 g/mol. The second-order valence-corrected chi connectivity index (χ2v) is 4.20. The summed E-state index contributed by atoms with van der Waals surface area (Å²) in [5.74, 6) is 0.684. The maximum atomic E-state index is 3.99. The van der Waals surface area contributed by atoms with Crippen LogP contribution in [-0.4, -0.2) is 35.0 Å². The maximum Gasteiger partial charge on any atom is 0.115 e. The van der Waals surface area contributed by atoms with Crippen molar-refractivity contribution in [2.24, 2.45) is 5.92 Å². The van der Waals surface area contributed by atoms with Crippen molar-refractivity contribution < 1.29 is 0 Å². The zero-order chi connectivity index (χ0) is 10.5. The standard InChI is InChI=1S/C12H17N3/c1-15-6-2-3-11(9-15)4-5-12-7-13-10-14-8-12/h4-5,7-8,10-11H,2-3,6,9H2,1H3/t11-/m0/s1. The minimum Gasteiger partial charge on any atom is -0.306 e. The van der Waals surface area contributed by atoms with Crippen LogP contribution in [0, 0.1) is 5.92 Å². The van der Waals surface area contributed by atoms with E-state index >= 15 is 0 Å². The molecule has 0 aromatic carbocycles. The van der Waals surface area contributed by atoms with Gasteiger partial charge in [0, 0.05) is 24.5 Å². The molecule has 0 bridgehead atoms. The molecular weight excluding hydrogens is 186 g/mol. The number of hydrogen-bond donors (Lipinski definition) is 0. The molecule has 0 aliphatic carbocycles. The third kappa shape index (κ3) is 3.13. The lowest BCUT2D eigenvalue weighted by atomic mass is 9.97. The predicted molar refractivity (Wildman–Crippen MR) is 61.3 cm³/mol. The lowest BCUT2D eigenvalue weighted by Crippen LogP contribution is -2.30. The van der Waals surface area contributed by atoms with Gasteiger partial charge in [-0.3, -0.25) is 0 Å². The van der Waals surface area contributed by atoms with Crippen molar-refractivity contribution in [1.82, 2.24) is 14.9 Å². The largest absolute Gasteiger partial charge is 0.306 e. The van der Waals surface area contributed by atoms with Gasteiger partial charge in [0.15, 0.2) is 0 Å². The van der Waals surface area contributed by atoms with Crippen LogP contribution in [0.25, 0.3) is 6.08 Å². The second-order valence-electron chi connectivity index (χ2n) is 4.20. The van der Waals surface area contributed by atoms with E-state index in [1.54, 1.807) is 6.33 Å². The van der Waals surface area contributed by atoms with E-state index in [9.17, 15) is 0 Å². The molecule has 0 spiro atoms. The molecule has 0 saturated carbocycles. The fourth-order valence-corrected chi connectivity index (χ4v) is 2.01. The highest BCUT2D eigenvalue weighted by Crippen LogP contribution is 2.17. The highest BCUT2D eigenvalue weighted by Gasteiger charge is 2.13. The van der Waals surface area contributed by atoms with Crippen LogP contribution in [0.2, 0.25) is 0 Å². The first kappa shape index (κ1) is 10.3. The Morgan fingerprint density at radius 2 is 2.20 bits per heavy atom. The number of rotatable bonds is 2. The fourth-order valence-electron chi connectivity index (χ4n) is 2.01. The minimum atomic E-state index is 0.684. The average Bonchev–Trinajstić information content (AvgIpc) is 2.28. The molecule has 3 nitrogen and oxygen atoms in total. The number of nitrogens with zero attached hydrogens (tertiary/aromatic N) is 3. The summed E-state index contributed by atoms with van der Waals surface area (Å²) >= 11 is 0. The summed E-state index contributed by atoms with van der Waals surface area (Å²) in [6.07, 6.45) is 12.3. The number of hydrogen-bond acceptors (Lipinski definition) is 3. The molecule has 0 unspecified atom stereocenters. The van der Waals surface area contributed by atoms with Gasteiger partial charge in [-0.1, -0.05) is 12.2 Å². The quantitative estimate of drug-likeness (QED) is 0.734. The SMILES string of the molecule is CN1CCC[C@@H](C=Cc2cncnc2)C1. The number of likely N-dealkylation sites (tertiary alicyclic amines) is 1. The van der Waals surface area contributed by atoms with Crippen LogP contribution in [-0.2, 0) is 0 Å². The third-order valence-electron chi connectivity index (χ3n) is 2.80. The normalized spacial score (nSPS) is 23.4. The Morgan fingerprint density at radius 3 is 2.93 bits per heavy atom. The molecule has 0 amide bonds. The molecule has 3 heteroatoms. The molecule has 2 rings (SSSR count). The van der Waals surface area contributed by atoms with Crippen LogP contribution >= 0.6 is 0 Å². The van der Waals surface area contributed by atoms with Gasteiger partial charge in [0.05, 0.1) is 0 Å². The fraction of sp³-hybridized carbons (Fsp3) is 0.500. The zero-order valence-corrected chi connectivity index (χ0v) is 9.13. The highest BCUT2D eigenvalue weighted by atomic mass is 15.1. The highest BCUT2D eigenvalue weighted by molar-refractivity contribution is 5.46. The van der Waals surface area contributed by atoms with Gasteiger partial charge in [-0.05, 0) is 32.4 Å². The van der Waals surface area contributed by atoms with E-state index in [1.165, 1.54) is 25.9 Å². The molecule has 2 heterocycles. The van der Waals surface area contributed by atoms with Crippen molar-refractivity contribution in [1.29, 1.82) is 0 Å². The van der Waals surface area contributed by atoms with Crippen molar-refractivity contribution in [2.75, 3.05) is 20.1 Å². The van der Waals surface area contributed by atoms with Gasteiger partial charge >= 0.3 is 0 Å². The molecule has 1 aromatic heterocycles. The summed E-state index contributed by atoms with van der Waals surface area (Å²) in [6.45, 7) is 2.41. The van der Waals surface area contributed by atoms with Crippen LogP contribution < -0.4 is 0 Å². The van der Waals surface area contributed by atoms with Crippen LogP contribution in [0.5, 0.6) is 0 Å².